The Labute approximate surface area is 121 Å². The molecular weight excluding hydrogens is 309 g/mol. The third kappa shape index (κ3) is 3.49. The fourth-order valence-corrected chi connectivity index (χ4v) is 1.63. The first-order chi connectivity index (χ1) is 9.79. The summed E-state index contributed by atoms with van der Waals surface area (Å²) in [5.41, 5.74) is 4.30. The summed E-state index contributed by atoms with van der Waals surface area (Å²) in [7, 11) is 0. The van der Waals surface area contributed by atoms with Crippen LogP contribution in [0.4, 0.5) is 30.8 Å². The summed E-state index contributed by atoms with van der Waals surface area (Å²) in [6.45, 7) is 0. The van der Waals surface area contributed by atoms with Gasteiger partial charge in [0.1, 0.15) is 6.07 Å². The van der Waals surface area contributed by atoms with Crippen LogP contribution < -0.4 is 11.1 Å². The highest BCUT2D eigenvalue weighted by Crippen LogP contribution is 2.32. The maximum Gasteiger partial charge on any atom is 0.416 e. The van der Waals surface area contributed by atoms with E-state index in [1.807, 2.05) is 0 Å². The van der Waals surface area contributed by atoms with Crippen molar-refractivity contribution in [1.29, 1.82) is 5.26 Å². The predicted molar refractivity (Wildman–Crippen MR) is 68.7 cm³/mol. The number of anilines is 3. The number of rotatable bonds is 2. The van der Waals surface area contributed by atoms with E-state index in [0.29, 0.717) is 6.07 Å². The van der Waals surface area contributed by atoms with Gasteiger partial charge in [0.05, 0.1) is 16.8 Å². The third-order valence-corrected chi connectivity index (χ3v) is 2.51. The largest absolute Gasteiger partial charge is 0.416 e. The summed E-state index contributed by atoms with van der Waals surface area (Å²) in [4.78, 5) is 10.9. The zero-order chi connectivity index (χ0) is 15.6. The van der Waals surface area contributed by atoms with Crippen LogP contribution in [0.5, 0.6) is 0 Å². The van der Waals surface area contributed by atoms with Crippen LogP contribution >= 0.6 is 11.6 Å². The Balaban J connectivity index is 2.39. The second-order valence-electron chi connectivity index (χ2n) is 3.78. The molecule has 0 saturated heterocycles. The number of nitrogens with one attached hydrogen (secondary N) is 1. The number of nitrogens with zero attached hydrogens (tertiary/aromatic N) is 4. The molecule has 0 aliphatic rings. The molecule has 2 rings (SSSR count). The lowest BCUT2D eigenvalue weighted by Crippen LogP contribution is -2.07. The number of benzene rings is 1. The van der Waals surface area contributed by atoms with Gasteiger partial charge in [-0.05, 0) is 29.8 Å². The number of nitrogens with two attached hydrogens (primary N) is 1. The van der Waals surface area contributed by atoms with Crippen molar-refractivity contribution in [2.75, 3.05) is 11.1 Å². The fraction of sp³-hybridized carbons (Fsp3) is 0.0909. The molecule has 21 heavy (non-hydrogen) atoms. The van der Waals surface area contributed by atoms with E-state index in [2.05, 4.69) is 20.3 Å². The Kier molecular flexibility index (Phi) is 3.82. The average molecular weight is 315 g/mol. The minimum Gasteiger partial charge on any atom is -0.368 e. The highest BCUT2D eigenvalue weighted by Gasteiger charge is 2.31. The first kappa shape index (κ1) is 14.8. The monoisotopic (exact) mass is 314 g/mol. The molecule has 3 N–H and O–H groups in total. The molecule has 0 bridgehead atoms. The second-order valence-corrected chi connectivity index (χ2v) is 4.12. The number of nitriles is 1. The van der Waals surface area contributed by atoms with E-state index in [1.165, 1.54) is 0 Å². The maximum absolute atomic E-state index is 12.6. The van der Waals surface area contributed by atoms with Gasteiger partial charge < -0.3 is 11.1 Å². The van der Waals surface area contributed by atoms with Crippen molar-refractivity contribution in [3.05, 3.63) is 34.6 Å². The molecule has 0 atom stereocenters. The molecule has 0 saturated carbocycles. The van der Waals surface area contributed by atoms with Crippen molar-refractivity contribution in [3.63, 3.8) is 0 Å². The number of hydrogen-bond donors (Lipinski definition) is 2. The van der Waals surface area contributed by atoms with Gasteiger partial charge in [0.15, 0.2) is 0 Å². The van der Waals surface area contributed by atoms with Crippen LogP contribution in [0.2, 0.25) is 5.28 Å². The average Bonchev–Trinajstić information content (AvgIpc) is 2.36. The number of nitrogen functional groups attached to an aromatic ring is 1. The molecule has 10 heteroatoms. The van der Waals surface area contributed by atoms with Crippen molar-refractivity contribution in [3.8, 4) is 6.07 Å². The molecule has 0 aliphatic carbocycles. The van der Waals surface area contributed by atoms with E-state index in [4.69, 9.17) is 22.6 Å². The molecule has 1 heterocycles. The lowest BCUT2D eigenvalue weighted by Gasteiger charge is -2.10. The van der Waals surface area contributed by atoms with E-state index in [-0.39, 0.29) is 28.4 Å². The summed E-state index contributed by atoms with van der Waals surface area (Å²) < 4.78 is 37.7. The van der Waals surface area contributed by atoms with Gasteiger partial charge in [0.25, 0.3) is 0 Å². The summed E-state index contributed by atoms with van der Waals surface area (Å²) in [5.74, 6) is -0.244. The van der Waals surface area contributed by atoms with Gasteiger partial charge in [-0.25, -0.2) is 0 Å². The number of halogens is 4. The topological polar surface area (TPSA) is 101 Å². The zero-order valence-electron chi connectivity index (χ0n) is 10.1. The van der Waals surface area contributed by atoms with Gasteiger partial charge >= 0.3 is 6.18 Å². The van der Waals surface area contributed by atoms with Crippen molar-refractivity contribution in [2.45, 2.75) is 6.18 Å². The molecule has 1 aromatic heterocycles. The Morgan fingerprint density at radius 1 is 1.24 bits per heavy atom. The highest BCUT2D eigenvalue weighted by molar-refractivity contribution is 6.28. The molecule has 0 fully saturated rings. The van der Waals surface area contributed by atoms with Gasteiger partial charge in [0, 0.05) is 0 Å². The van der Waals surface area contributed by atoms with Gasteiger partial charge in [-0.3, -0.25) is 0 Å². The van der Waals surface area contributed by atoms with Gasteiger partial charge in [-0.2, -0.15) is 33.4 Å². The third-order valence-electron chi connectivity index (χ3n) is 2.34. The molecular formula is C11H6ClF3N6. The maximum atomic E-state index is 12.6. The van der Waals surface area contributed by atoms with Crippen LogP contribution in [-0.4, -0.2) is 15.0 Å². The summed E-state index contributed by atoms with van der Waals surface area (Å²) >= 11 is 5.58. The Bertz CT molecular complexity index is 705. The Morgan fingerprint density at radius 2 is 1.95 bits per heavy atom. The van der Waals surface area contributed by atoms with E-state index < -0.39 is 11.7 Å². The van der Waals surface area contributed by atoms with Crippen molar-refractivity contribution >= 4 is 29.2 Å². The lowest BCUT2D eigenvalue weighted by atomic mass is 10.1. The Hall–Kier alpha value is -2.60. The van der Waals surface area contributed by atoms with E-state index >= 15 is 0 Å². The van der Waals surface area contributed by atoms with Crippen LogP contribution in [0, 0.1) is 11.3 Å². The first-order valence-corrected chi connectivity index (χ1v) is 5.73. The standard InChI is InChI=1S/C11H6ClF3N6/c12-8-19-9(17)21-10(20-8)18-7-2-1-6(11(13,14)15)3-5(7)4-16/h1-3H,(H3,17,18,19,20,21). The molecule has 6 nitrogen and oxygen atoms in total. The smallest absolute Gasteiger partial charge is 0.368 e. The number of alkyl halides is 3. The predicted octanol–water partition coefficient (Wildman–Crippen LogP) is 2.74. The summed E-state index contributed by atoms with van der Waals surface area (Å²) in [5, 5.41) is 11.3. The molecule has 1 aromatic carbocycles. The summed E-state index contributed by atoms with van der Waals surface area (Å²) in [6, 6.07) is 4.30. The van der Waals surface area contributed by atoms with E-state index in [0.717, 1.165) is 12.1 Å². The molecule has 0 aliphatic heterocycles. The SMILES string of the molecule is N#Cc1cc(C(F)(F)F)ccc1Nc1nc(N)nc(Cl)n1. The minimum atomic E-state index is -4.54. The molecule has 0 unspecified atom stereocenters. The molecule has 0 radical (unpaired) electrons. The second kappa shape index (κ2) is 5.41. The van der Waals surface area contributed by atoms with E-state index in [1.54, 1.807) is 6.07 Å². The van der Waals surface area contributed by atoms with Crippen LogP contribution in [0.3, 0.4) is 0 Å². The lowest BCUT2D eigenvalue weighted by molar-refractivity contribution is -0.137. The van der Waals surface area contributed by atoms with Gasteiger partial charge in [-0.1, -0.05) is 0 Å². The molecule has 108 valence electrons. The van der Waals surface area contributed by atoms with Crippen LogP contribution in [-0.2, 0) is 6.18 Å². The van der Waals surface area contributed by atoms with Gasteiger partial charge in [-0.15, -0.1) is 0 Å². The molecule has 0 amide bonds. The van der Waals surface area contributed by atoms with E-state index in [9.17, 15) is 13.2 Å². The summed E-state index contributed by atoms with van der Waals surface area (Å²) in [6.07, 6.45) is -4.54. The van der Waals surface area contributed by atoms with Crippen LogP contribution in [0.15, 0.2) is 18.2 Å². The first-order valence-electron chi connectivity index (χ1n) is 5.35. The zero-order valence-corrected chi connectivity index (χ0v) is 10.9. The number of aromatic nitrogens is 3. The molecule has 0 spiro atoms. The minimum absolute atomic E-state index is 0.0799. The molecule has 2 aromatic rings. The van der Waals surface area contributed by atoms with Crippen molar-refractivity contribution in [1.82, 2.24) is 15.0 Å². The highest BCUT2D eigenvalue weighted by atomic mass is 35.5. The quantitative estimate of drug-likeness (QED) is 0.884. The Morgan fingerprint density at radius 3 is 2.52 bits per heavy atom. The van der Waals surface area contributed by atoms with Crippen LogP contribution in [0.25, 0.3) is 0 Å². The number of hydrogen-bond acceptors (Lipinski definition) is 6. The van der Waals surface area contributed by atoms with Gasteiger partial charge in [0.2, 0.25) is 17.2 Å². The fourth-order valence-electron chi connectivity index (χ4n) is 1.46. The van der Waals surface area contributed by atoms with Crippen molar-refractivity contribution < 1.29 is 13.2 Å². The van der Waals surface area contributed by atoms with Crippen molar-refractivity contribution in [2.24, 2.45) is 0 Å². The van der Waals surface area contributed by atoms with Crippen LogP contribution in [0.1, 0.15) is 11.1 Å². The normalized spacial score (nSPS) is 11.0.